The quantitative estimate of drug-likeness (QED) is 0.892. The van der Waals surface area contributed by atoms with Crippen LogP contribution in [0.5, 0.6) is 0 Å². The van der Waals surface area contributed by atoms with Crippen molar-refractivity contribution >= 4 is 5.91 Å². The van der Waals surface area contributed by atoms with Crippen molar-refractivity contribution in [1.82, 2.24) is 9.88 Å². The molecule has 116 valence electrons. The maximum atomic E-state index is 12.6. The molecule has 0 saturated carbocycles. The van der Waals surface area contributed by atoms with Crippen molar-refractivity contribution in [2.45, 2.75) is 38.9 Å². The number of carbonyl (C=O) groups excluding carboxylic acids is 1. The second-order valence-electron chi connectivity index (χ2n) is 5.70. The van der Waals surface area contributed by atoms with Gasteiger partial charge < -0.3 is 10.6 Å². The van der Waals surface area contributed by atoms with Crippen LogP contribution in [0.4, 0.5) is 0 Å². The molecule has 2 aromatic rings. The van der Waals surface area contributed by atoms with Crippen LogP contribution in [0.15, 0.2) is 54.9 Å². The van der Waals surface area contributed by atoms with E-state index >= 15 is 0 Å². The third-order valence-electron chi connectivity index (χ3n) is 3.64. The number of hydrogen-bond donors (Lipinski definition) is 1. The zero-order valence-electron chi connectivity index (χ0n) is 13.1. The molecule has 1 unspecified atom stereocenters. The van der Waals surface area contributed by atoms with Crippen molar-refractivity contribution in [3.05, 3.63) is 66.0 Å². The monoisotopic (exact) mass is 297 g/mol. The van der Waals surface area contributed by atoms with Gasteiger partial charge in [-0.15, -0.1) is 0 Å². The molecule has 4 nitrogen and oxygen atoms in total. The van der Waals surface area contributed by atoms with E-state index in [2.05, 4.69) is 4.98 Å². The number of amides is 1. The molecule has 2 N–H and O–H groups in total. The molecule has 0 aliphatic rings. The fourth-order valence-corrected chi connectivity index (χ4v) is 2.37. The normalized spacial score (nSPS) is 12.2. The van der Waals surface area contributed by atoms with Gasteiger partial charge in [0.15, 0.2) is 0 Å². The van der Waals surface area contributed by atoms with Gasteiger partial charge in [-0.25, -0.2) is 0 Å². The lowest BCUT2D eigenvalue weighted by atomic mass is 10.0. The Labute approximate surface area is 132 Å². The predicted octanol–water partition coefficient (Wildman–Crippen LogP) is 2.91. The molecular weight excluding hydrogens is 274 g/mol. The van der Waals surface area contributed by atoms with Gasteiger partial charge in [-0.3, -0.25) is 9.78 Å². The van der Waals surface area contributed by atoms with Crippen molar-refractivity contribution in [2.24, 2.45) is 5.73 Å². The molecule has 1 aromatic heterocycles. The summed E-state index contributed by atoms with van der Waals surface area (Å²) in [6.07, 6.45) is 3.83. The number of carbonyl (C=O) groups is 1. The number of rotatable bonds is 6. The third kappa shape index (κ3) is 4.40. The number of pyridine rings is 1. The summed E-state index contributed by atoms with van der Waals surface area (Å²) in [6, 6.07) is 13.4. The van der Waals surface area contributed by atoms with Crippen LogP contribution in [0.3, 0.4) is 0 Å². The Bertz CT molecular complexity index is 584. The second-order valence-corrected chi connectivity index (χ2v) is 5.70. The van der Waals surface area contributed by atoms with Gasteiger partial charge in [0.05, 0.1) is 0 Å². The van der Waals surface area contributed by atoms with Gasteiger partial charge in [-0.1, -0.05) is 36.4 Å². The van der Waals surface area contributed by atoms with Crippen LogP contribution in [-0.4, -0.2) is 21.8 Å². The lowest BCUT2D eigenvalue weighted by molar-refractivity contribution is -0.134. The second kappa shape index (κ2) is 7.71. The first-order valence-electron chi connectivity index (χ1n) is 7.57. The van der Waals surface area contributed by atoms with Crippen molar-refractivity contribution in [1.29, 1.82) is 0 Å². The molecule has 4 heteroatoms. The van der Waals surface area contributed by atoms with E-state index < -0.39 is 0 Å². The molecule has 1 amide bonds. The minimum absolute atomic E-state index is 0.0650. The largest absolute Gasteiger partial charge is 0.336 e. The van der Waals surface area contributed by atoms with Crippen molar-refractivity contribution in [3.63, 3.8) is 0 Å². The lowest BCUT2D eigenvalue weighted by Crippen LogP contribution is -2.38. The van der Waals surface area contributed by atoms with Gasteiger partial charge in [-0.05, 0) is 31.0 Å². The molecule has 0 aliphatic carbocycles. The van der Waals surface area contributed by atoms with Crippen molar-refractivity contribution in [3.8, 4) is 0 Å². The first-order valence-corrected chi connectivity index (χ1v) is 7.57. The summed E-state index contributed by atoms with van der Waals surface area (Å²) >= 11 is 0. The van der Waals surface area contributed by atoms with E-state index in [0.29, 0.717) is 13.0 Å². The van der Waals surface area contributed by atoms with Crippen molar-refractivity contribution < 1.29 is 4.79 Å². The Morgan fingerprint density at radius 3 is 2.50 bits per heavy atom. The summed E-state index contributed by atoms with van der Waals surface area (Å²) < 4.78 is 0. The average molecular weight is 297 g/mol. The highest BCUT2D eigenvalue weighted by atomic mass is 16.2. The lowest BCUT2D eigenvalue weighted by Gasteiger charge is -2.28. The first-order chi connectivity index (χ1) is 10.6. The van der Waals surface area contributed by atoms with Crippen LogP contribution in [0, 0.1) is 0 Å². The van der Waals surface area contributed by atoms with Gasteiger partial charge >= 0.3 is 0 Å². The summed E-state index contributed by atoms with van der Waals surface area (Å²) in [5.41, 5.74) is 8.18. The number of nitrogens with zero attached hydrogens (tertiary/aromatic N) is 2. The van der Waals surface area contributed by atoms with E-state index in [0.717, 1.165) is 11.1 Å². The molecule has 0 radical (unpaired) electrons. The van der Waals surface area contributed by atoms with Gasteiger partial charge in [-0.2, -0.15) is 0 Å². The van der Waals surface area contributed by atoms with Crippen LogP contribution < -0.4 is 5.73 Å². The highest BCUT2D eigenvalue weighted by Gasteiger charge is 2.20. The van der Waals surface area contributed by atoms with E-state index in [1.807, 2.05) is 61.2 Å². The Morgan fingerprint density at radius 1 is 1.18 bits per heavy atom. The van der Waals surface area contributed by atoms with Gasteiger partial charge in [0.25, 0.3) is 0 Å². The predicted molar refractivity (Wildman–Crippen MR) is 87.9 cm³/mol. The van der Waals surface area contributed by atoms with E-state index in [1.54, 1.807) is 12.4 Å². The van der Waals surface area contributed by atoms with E-state index in [1.165, 1.54) is 0 Å². The molecule has 0 aliphatic heterocycles. The molecule has 1 aromatic carbocycles. The van der Waals surface area contributed by atoms with Crippen LogP contribution >= 0.6 is 0 Å². The van der Waals surface area contributed by atoms with E-state index in [-0.39, 0.29) is 18.0 Å². The SMILES string of the molecule is CC(C)N(Cc1cccnc1)C(=O)CC(N)c1ccccc1. The first kappa shape index (κ1) is 16.2. The van der Waals surface area contributed by atoms with Crippen LogP contribution in [-0.2, 0) is 11.3 Å². The molecule has 2 rings (SSSR count). The summed E-state index contributed by atoms with van der Waals surface area (Å²) in [6.45, 7) is 4.59. The molecule has 0 spiro atoms. The number of aromatic nitrogens is 1. The van der Waals surface area contributed by atoms with E-state index in [9.17, 15) is 4.79 Å². The standard InChI is InChI=1S/C18H23N3O/c1-14(2)21(13-15-7-6-10-20-12-15)18(22)11-17(19)16-8-4-3-5-9-16/h3-10,12,14,17H,11,13,19H2,1-2H3. The smallest absolute Gasteiger partial charge is 0.225 e. The van der Waals surface area contributed by atoms with Crippen LogP contribution in [0.1, 0.15) is 37.4 Å². The maximum absolute atomic E-state index is 12.6. The molecular formula is C18H23N3O. The molecule has 1 heterocycles. The molecule has 0 saturated heterocycles. The minimum atomic E-state index is -0.274. The minimum Gasteiger partial charge on any atom is -0.336 e. The summed E-state index contributed by atoms with van der Waals surface area (Å²) in [7, 11) is 0. The topological polar surface area (TPSA) is 59.2 Å². The molecule has 0 fully saturated rings. The molecule has 0 bridgehead atoms. The molecule has 22 heavy (non-hydrogen) atoms. The summed E-state index contributed by atoms with van der Waals surface area (Å²) in [5, 5.41) is 0. The fourth-order valence-electron chi connectivity index (χ4n) is 2.37. The Balaban J connectivity index is 2.04. The van der Waals surface area contributed by atoms with Gasteiger partial charge in [0.1, 0.15) is 0 Å². The van der Waals surface area contributed by atoms with Gasteiger partial charge in [0, 0.05) is 37.4 Å². The Kier molecular flexibility index (Phi) is 5.67. The molecule has 1 atom stereocenters. The number of nitrogens with two attached hydrogens (primary N) is 1. The van der Waals surface area contributed by atoms with Crippen molar-refractivity contribution in [2.75, 3.05) is 0 Å². The summed E-state index contributed by atoms with van der Waals surface area (Å²) in [5.74, 6) is 0.0650. The number of hydrogen-bond acceptors (Lipinski definition) is 3. The Morgan fingerprint density at radius 2 is 1.91 bits per heavy atom. The van der Waals surface area contributed by atoms with Gasteiger partial charge in [0.2, 0.25) is 5.91 Å². The van der Waals surface area contributed by atoms with Crippen LogP contribution in [0.25, 0.3) is 0 Å². The van der Waals surface area contributed by atoms with E-state index in [4.69, 9.17) is 5.73 Å². The average Bonchev–Trinajstić information content (AvgIpc) is 2.54. The highest BCUT2D eigenvalue weighted by molar-refractivity contribution is 5.77. The summed E-state index contributed by atoms with van der Waals surface area (Å²) in [4.78, 5) is 18.5. The zero-order chi connectivity index (χ0) is 15.9. The Hall–Kier alpha value is -2.20. The fraction of sp³-hybridized carbons (Fsp3) is 0.333. The highest BCUT2D eigenvalue weighted by Crippen LogP contribution is 2.17. The maximum Gasteiger partial charge on any atom is 0.225 e. The number of benzene rings is 1. The third-order valence-corrected chi connectivity index (χ3v) is 3.64. The van der Waals surface area contributed by atoms with Crippen LogP contribution in [0.2, 0.25) is 0 Å². The zero-order valence-corrected chi connectivity index (χ0v) is 13.1.